The largest absolute Gasteiger partial charge is 0.508 e. The molecule has 1 fully saturated rings. The Bertz CT molecular complexity index is 486. The van der Waals surface area contributed by atoms with Gasteiger partial charge in [-0.25, -0.2) is 4.98 Å². The summed E-state index contributed by atoms with van der Waals surface area (Å²) in [6, 6.07) is 5.77. The van der Waals surface area contributed by atoms with Crippen LogP contribution >= 0.6 is 0 Å². The Kier molecular flexibility index (Phi) is 1.89. The summed E-state index contributed by atoms with van der Waals surface area (Å²) in [7, 11) is 0. The summed E-state index contributed by atoms with van der Waals surface area (Å²) in [6.45, 7) is 2.05. The number of nitrogens with one attached hydrogen (secondary N) is 1. The minimum Gasteiger partial charge on any atom is -0.508 e. The highest BCUT2D eigenvalue weighted by atomic mass is 16.3. The van der Waals surface area contributed by atoms with Gasteiger partial charge in [0.05, 0.1) is 17.4 Å². The van der Waals surface area contributed by atoms with Crippen molar-refractivity contribution in [2.75, 3.05) is 13.1 Å². The van der Waals surface area contributed by atoms with Crippen molar-refractivity contribution in [3.63, 3.8) is 0 Å². The van der Waals surface area contributed by atoms with Crippen LogP contribution in [-0.2, 0) is 0 Å². The van der Waals surface area contributed by atoms with Gasteiger partial charge in [0.15, 0.2) is 0 Å². The molecule has 0 amide bonds. The van der Waals surface area contributed by atoms with Gasteiger partial charge in [0.25, 0.3) is 0 Å². The van der Waals surface area contributed by atoms with Gasteiger partial charge >= 0.3 is 0 Å². The smallest absolute Gasteiger partial charge is 0.117 e. The summed E-state index contributed by atoms with van der Waals surface area (Å²) in [5.74, 6) is 0.301. The van der Waals surface area contributed by atoms with Crippen LogP contribution in [0.3, 0.4) is 0 Å². The minimum atomic E-state index is 0.301. The second-order valence-corrected chi connectivity index (χ2v) is 3.97. The number of rotatable bonds is 1. The fraction of sp³-hybridized carbons (Fsp3) is 0.364. The van der Waals surface area contributed by atoms with E-state index in [2.05, 4.69) is 14.9 Å². The predicted molar refractivity (Wildman–Crippen MR) is 57.9 cm³/mol. The van der Waals surface area contributed by atoms with Crippen molar-refractivity contribution >= 4 is 11.0 Å². The molecular formula is C11H13N3O. The van der Waals surface area contributed by atoms with E-state index < -0.39 is 0 Å². The average molecular weight is 203 g/mol. The summed E-state index contributed by atoms with van der Waals surface area (Å²) in [5, 5.41) is 12.8. The Morgan fingerprint density at radius 3 is 3.20 bits per heavy atom. The zero-order chi connectivity index (χ0) is 10.3. The monoisotopic (exact) mass is 203 g/mol. The molecule has 2 N–H and O–H groups in total. The highest BCUT2D eigenvalue weighted by Gasteiger charge is 2.18. The molecular weight excluding hydrogens is 190 g/mol. The number of phenolic OH excluding ortho intramolecular Hbond substituents is 1. The van der Waals surface area contributed by atoms with E-state index in [1.54, 1.807) is 12.1 Å². The number of hydrogen-bond acceptors (Lipinski definition) is 3. The number of aromatic nitrogens is 2. The third-order valence-corrected chi connectivity index (χ3v) is 2.99. The van der Waals surface area contributed by atoms with Crippen molar-refractivity contribution in [1.82, 2.24) is 14.9 Å². The van der Waals surface area contributed by atoms with Crippen molar-refractivity contribution < 1.29 is 5.11 Å². The molecule has 15 heavy (non-hydrogen) atoms. The van der Waals surface area contributed by atoms with E-state index in [1.807, 2.05) is 12.4 Å². The topological polar surface area (TPSA) is 50.1 Å². The lowest BCUT2D eigenvalue weighted by Gasteiger charge is -2.11. The molecule has 3 rings (SSSR count). The second-order valence-electron chi connectivity index (χ2n) is 3.97. The van der Waals surface area contributed by atoms with Gasteiger partial charge in [0, 0.05) is 18.7 Å². The van der Waals surface area contributed by atoms with E-state index in [0.717, 1.165) is 30.5 Å². The maximum atomic E-state index is 9.46. The summed E-state index contributed by atoms with van der Waals surface area (Å²) in [6.07, 6.45) is 2.99. The predicted octanol–water partition coefficient (Wildman–Crippen LogP) is 1.28. The van der Waals surface area contributed by atoms with Gasteiger partial charge in [-0.3, -0.25) is 0 Å². The quantitative estimate of drug-likeness (QED) is 0.734. The first-order chi connectivity index (χ1) is 7.34. The van der Waals surface area contributed by atoms with Gasteiger partial charge in [0.1, 0.15) is 5.75 Å². The molecule has 2 heterocycles. The minimum absolute atomic E-state index is 0.301. The number of nitrogens with zero attached hydrogens (tertiary/aromatic N) is 2. The zero-order valence-corrected chi connectivity index (χ0v) is 8.35. The molecule has 1 aromatic heterocycles. The maximum absolute atomic E-state index is 9.46. The van der Waals surface area contributed by atoms with Crippen LogP contribution in [0.2, 0.25) is 0 Å². The Hall–Kier alpha value is -1.55. The van der Waals surface area contributed by atoms with Gasteiger partial charge in [-0.2, -0.15) is 0 Å². The number of phenols is 1. The lowest BCUT2D eigenvalue weighted by Crippen LogP contribution is -2.12. The molecule has 1 aliphatic heterocycles. The number of aromatic hydroxyl groups is 1. The average Bonchev–Trinajstić information content (AvgIpc) is 2.83. The standard InChI is InChI=1S/C11H13N3O/c15-9-1-2-10-11(5-9)14(7-13-10)8-3-4-12-6-8/h1-2,5,7-8,12,15H,3-4,6H2. The molecule has 4 heteroatoms. The molecule has 1 atom stereocenters. The van der Waals surface area contributed by atoms with Crippen molar-refractivity contribution in [3.8, 4) is 5.75 Å². The summed E-state index contributed by atoms with van der Waals surface area (Å²) >= 11 is 0. The van der Waals surface area contributed by atoms with Crippen LogP contribution in [0.25, 0.3) is 11.0 Å². The first kappa shape index (κ1) is 8.73. The molecule has 1 aromatic carbocycles. The highest BCUT2D eigenvalue weighted by molar-refractivity contribution is 5.77. The summed E-state index contributed by atoms with van der Waals surface area (Å²) in [4.78, 5) is 4.33. The van der Waals surface area contributed by atoms with Crippen LogP contribution < -0.4 is 5.32 Å². The Morgan fingerprint density at radius 1 is 1.47 bits per heavy atom. The fourth-order valence-electron chi connectivity index (χ4n) is 2.18. The zero-order valence-electron chi connectivity index (χ0n) is 8.35. The van der Waals surface area contributed by atoms with Crippen molar-refractivity contribution in [2.45, 2.75) is 12.5 Å². The first-order valence-corrected chi connectivity index (χ1v) is 5.21. The molecule has 0 saturated carbocycles. The molecule has 0 radical (unpaired) electrons. The van der Waals surface area contributed by atoms with E-state index in [0.29, 0.717) is 11.8 Å². The van der Waals surface area contributed by atoms with Crippen molar-refractivity contribution in [2.24, 2.45) is 0 Å². The lowest BCUT2D eigenvalue weighted by atomic mass is 10.2. The van der Waals surface area contributed by atoms with Gasteiger partial charge < -0.3 is 15.0 Å². The Balaban J connectivity index is 2.13. The fourth-order valence-corrected chi connectivity index (χ4v) is 2.18. The first-order valence-electron chi connectivity index (χ1n) is 5.21. The van der Waals surface area contributed by atoms with Gasteiger partial charge in [-0.1, -0.05) is 0 Å². The number of fused-ring (bicyclic) bond motifs is 1. The van der Waals surface area contributed by atoms with Gasteiger partial charge in [0.2, 0.25) is 0 Å². The Labute approximate surface area is 87.5 Å². The summed E-state index contributed by atoms with van der Waals surface area (Å²) in [5.41, 5.74) is 1.96. The molecule has 1 unspecified atom stereocenters. The Morgan fingerprint density at radius 2 is 2.40 bits per heavy atom. The van der Waals surface area contributed by atoms with Crippen molar-refractivity contribution in [1.29, 1.82) is 0 Å². The van der Waals surface area contributed by atoms with Crippen LogP contribution in [0.1, 0.15) is 12.5 Å². The van der Waals surface area contributed by atoms with Crippen LogP contribution in [0.5, 0.6) is 5.75 Å². The van der Waals surface area contributed by atoms with Crippen molar-refractivity contribution in [3.05, 3.63) is 24.5 Å². The summed E-state index contributed by atoms with van der Waals surface area (Å²) < 4.78 is 2.15. The van der Waals surface area contributed by atoms with Crippen LogP contribution in [0.4, 0.5) is 0 Å². The van der Waals surface area contributed by atoms with E-state index >= 15 is 0 Å². The van der Waals surface area contributed by atoms with Crippen LogP contribution in [0.15, 0.2) is 24.5 Å². The van der Waals surface area contributed by atoms with E-state index in [4.69, 9.17) is 0 Å². The molecule has 0 spiro atoms. The number of benzene rings is 1. The van der Waals surface area contributed by atoms with Crippen LogP contribution in [-0.4, -0.2) is 27.7 Å². The molecule has 1 aliphatic rings. The van der Waals surface area contributed by atoms with Crippen LogP contribution in [0, 0.1) is 0 Å². The van der Waals surface area contributed by atoms with E-state index in [9.17, 15) is 5.11 Å². The number of imidazole rings is 1. The molecule has 78 valence electrons. The molecule has 0 aliphatic carbocycles. The van der Waals surface area contributed by atoms with E-state index in [1.165, 1.54) is 0 Å². The highest BCUT2D eigenvalue weighted by Crippen LogP contribution is 2.24. The van der Waals surface area contributed by atoms with E-state index in [-0.39, 0.29) is 0 Å². The third-order valence-electron chi connectivity index (χ3n) is 2.99. The SMILES string of the molecule is Oc1ccc2ncn(C3CCNC3)c2c1. The second kappa shape index (κ2) is 3.24. The number of hydrogen-bond donors (Lipinski definition) is 2. The third kappa shape index (κ3) is 1.37. The molecule has 2 aromatic rings. The lowest BCUT2D eigenvalue weighted by molar-refractivity contribution is 0.475. The molecule has 1 saturated heterocycles. The van der Waals surface area contributed by atoms with Gasteiger partial charge in [-0.05, 0) is 25.1 Å². The normalized spacial score (nSPS) is 21.2. The van der Waals surface area contributed by atoms with Gasteiger partial charge in [-0.15, -0.1) is 0 Å². The maximum Gasteiger partial charge on any atom is 0.117 e. The molecule has 0 bridgehead atoms. The molecule has 4 nitrogen and oxygen atoms in total.